The van der Waals surface area contributed by atoms with Crippen LogP contribution >= 0.6 is 24.0 Å². The zero-order valence-electron chi connectivity index (χ0n) is 16.1. The zero-order chi connectivity index (χ0) is 17.4. The van der Waals surface area contributed by atoms with E-state index >= 15 is 0 Å². The summed E-state index contributed by atoms with van der Waals surface area (Å²) in [5.41, 5.74) is 2.93. The summed E-state index contributed by atoms with van der Waals surface area (Å²) in [6.07, 6.45) is 3.25. The van der Waals surface area contributed by atoms with E-state index in [0.717, 1.165) is 51.5 Å². The second-order valence-electron chi connectivity index (χ2n) is 7.24. The largest absolute Gasteiger partial charge is 0.381 e. The lowest BCUT2D eigenvalue weighted by Gasteiger charge is -2.39. The number of hydrogen-bond acceptors (Lipinski definition) is 2. The molecule has 0 atom stereocenters. The first-order valence-corrected chi connectivity index (χ1v) is 9.16. The fourth-order valence-corrected chi connectivity index (χ4v) is 3.42. The van der Waals surface area contributed by atoms with Crippen LogP contribution in [0.4, 0.5) is 0 Å². The molecule has 0 radical (unpaired) electrons. The molecular formula is C20H34IN3O. The minimum Gasteiger partial charge on any atom is -0.381 e. The van der Waals surface area contributed by atoms with Gasteiger partial charge in [-0.1, -0.05) is 38.1 Å². The van der Waals surface area contributed by atoms with Crippen LogP contribution in [0.5, 0.6) is 0 Å². The normalized spacial score (nSPS) is 17.1. The van der Waals surface area contributed by atoms with E-state index in [2.05, 4.69) is 60.7 Å². The van der Waals surface area contributed by atoms with Crippen LogP contribution in [0.3, 0.4) is 0 Å². The van der Waals surface area contributed by atoms with Crippen molar-refractivity contribution in [2.75, 3.05) is 33.4 Å². The molecule has 1 saturated heterocycles. The Balaban J connectivity index is 0.00000312. The highest BCUT2D eigenvalue weighted by atomic mass is 127. The number of guanidine groups is 1. The van der Waals surface area contributed by atoms with Gasteiger partial charge in [-0.3, -0.25) is 4.99 Å². The Labute approximate surface area is 170 Å². The minimum atomic E-state index is 0. The minimum absolute atomic E-state index is 0. The summed E-state index contributed by atoms with van der Waals surface area (Å²) in [4.78, 5) is 4.38. The average Bonchev–Trinajstić information content (AvgIpc) is 2.59. The quantitative estimate of drug-likeness (QED) is 0.386. The molecule has 4 nitrogen and oxygen atoms in total. The summed E-state index contributed by atoms with van der Waals surface area (Å²) in [7, 11) is 1.84. The number of rotatable bonds is 6. The number of nitrogens with one attached hydrogen (secondary N) is 2. The number of nitrogens with zero attached hydrogens (tertiary/aromatic N) is 1. The number of benzene rings is 1. The van der Waals surface area contributed by atoms with Gasteiger partial charge in [0.25, 0.3) is 0 Å². The zero-order valence-corrected chi connectivity index (χ0v) is 18.4. The van der Waals surface area contributed by atoms with Gasteiger partial charge in [-0.05, 0) is 43.2 Å². The third-order valence-corrected chi connectivity index (χ3v) is 5.00. The Morgan fingerprint density at radius 3 is 2.48 bits per heavy atom. The van der Waals surface area contributed by atoms with Crippen molar-refractivity contribution in [1.29, 1.82) is 0 Å². The molecule has 0 bridgehead atoms. The molecule has 1 aliphatic heterocycles. The molecule has 1 aromatic rings. The fourth-order valence-electron chi connectivity index (χ4n) is 3.42. The van der Waals surface area contributed by atoms with Crippen LogP contribution in [0.15, 0.2) is 29.3 Å². The van der Waals surface area contributed by atoms with E-state index in [9.17, 15) is 0 Å². The van der Waals surface area contributed by atoms with Crippen molar-refractivity contribution < 1.29 is 4.74 Å². The molecule has 0 saturated carbocycles. The molecule has 25 heavy (non-hydrogen) atoms. The molecule has 2 N–H and O–H groups in total. The fraction of sp³-hybridized carbons (Fsp3) is 0.650. The number of hydrogen-bond donors (Lipinski definition) is 2. The highest BCUT2D eigenvalue weighted by Crippen LogP contribution is 2.36. The second-order valence-corrected chi connectivity index (χ2v) is 7.24. The van der Waals surface area contributed by atoms with Gasteiger partial charge in [0, 0.05) is 38.8 Å². The molecule has 0 unspecified atom stereocenters. The SMILES string of the molecule is CN=C(NCCC(C)C)NCC1(c2ccccc2C)CCOCC1.I. The monoisotopic (exact) mass is 459 g/mol. The Morgan fingerprint density at radius 1 is 1.20 bits per heavy atom. The van der Waals surface area contributed by atoms with Gasteiger partial charge in [0.05, 0.1) is 0 Å². The Kier molecular flexibility index (Phi) is 9.79. The highest BCUT2D eigenvalue weighted by molar-refractivity contribution is 14.0. The van der Waals surface area contributed by atoms with Crippen LogP contribution in [-0.2, 0) is 10.2 Å². The van der Waals surface area contributed by atoms with Crippen LogP contribution < -0.4 is 10.6 Å². The molecule has 142 valence electrons. The molecule has 1 fully saturated rings. The van der Waals surface area contributed by atoms with Crippen molar-refractivity contribution in [3.8, 4) is 0 Å². The first-order valence-electron chi connectivity index (χ1n) is 9.16. The van der Waals surface area contributed by atoms with Crippen molar-refractivity contribution in [3.05, 3.63) is 35.4 Å². The summed E-state index contributed by atoms with van der Waals surface area (Å²) in [6, 6.07) is 8.75. The average molecular weight is 459 g/mol. The predicted octanol–water partition coefficient (Wildman–Crippen LogP) is 3.87. The van der Waals surface area contributed by atoms with Gasteiger partial charge in [-0.25, -0.2) is 0 Å². The van der Waals surface area contributed by atoms with Crippen molar-refractivity contribution in [1.82, 2.24) is 10.6 Å². The van der Waals surface area contributed by atoms with Crippen LogP contribution in [0.25, 0.3) is 0 Å². The second kappa shape index (κ2) is 11.0. The summed E-state index contributed by atoms with van der Waals surface area (Å²) < 4.78 is 5.64. The lowest BCUT2D eigenvalue weighted by molar-refractivity contribution is 0.0512. The summed E-state index contributed by atoms with van der Waals surface area (Å²) >= 11 is 0. The van der Waals surface area contributed by atoms with Crippen LogP contribution in [0, 0.1) is 12.8 Å². The predicted molar refractivity (Wildman–Crippen MR) is 117 cm³/mol. The van der Waals surface area contributed by atoms with Crippen LogP contribution in [0.2, 0.25) is 0 Å². The molecule has 0 aromatic heterocycles. The molecule has 5 heteroatoms. The van der Waals surface area contributed by atoms with Crippen molar-refractivity contribution >= 4 is 29.9 Å². The highest BCUT2D eigenvalue weighted by Gasteiger charge is 2.35. The maximum absolute atomic E-state index is 5.64. The van der Waals surface area contributed by atoms with Gasteiger partial charge in [0.15, 0.2) is 5.96 Å². The molecule has 0 aliphatic carbocycles. The summed E-state index contributed by atoms with van der Waals surface area (Å²) in [5.74, 6) is 1.60. The molecule has 1 aromatic carbocycles. The Morgan fingerprint density at radius 2 is 1.88 bits per heavy atom. The number of halogens is 1. The Bertz CT molecular complexity index is 539. The third-order valence-electron chi connectivity index (χ3n) is 5.00. The number of ether oxygens (including phenoxy) is 1. The molecule has 1 heterocycles. The van der Waals surface area contributed by atoms with E-state index in [4.69, 9.17) is 4.74 Å². The van der Waals surface area contributed by atoms with Crippen molar-refractivity contribution in [2.45, 2.75) is 45.4 Å². The first-order chi connectivity index (χ1) is 11.6. The van der Waals surface area contributed by atoms with E-state index in [0.29, 0.717) is 5.92 Å². The summed E-state index contributed by atoms with van der Waals surface area (Å²) in [6.45, 7) is 10.2. The van der Waals surface area contributed by atoms with Crippen molar-refractivity contribution in [2.24, 2.45) is 10.9 Å². The smallest absolute Gasteiger partial charge is 0.191 e. The molecule has 0 amide bonds. The number of aryl methyl sites for hydroxylation is 1. The maximum atomic E-state index is 5.64. The maximum Gasteiger partial charge on any atom is 0.191 e. The lowest BCUT2D eigenvalue weighted by atomic mass is 9.72. The molecule has 2 rings (SSSR count). The van der Waals surface area contributed by atoms with Crippen molar-refractivity contribution in [3.63, 3.8) is 0 Å². The van der Waals surface area contributed by atoms with E-state index in [-0.39, 0.29) is 29.4 Å². The van der Waals surface area contributed by atoms with Crippen LogP contribution in [0.1, 0.15) is 44.2 Å². The molecular weight excluding hydrogens is 425 g/mol. The van der Waals surface area contributed by atoms with E-state index in [1.807, 2.05) is 7.05 Å². The lowest BCUT2D eigenvalue weighted by Crippen LogP contribution is -2.48. The van der Waals surface area contributed by atoms with Gasteiger partial charge in [-0.15, -0.1) is 24.0 Å². The Hall–Kier alpha value is -0.820. The number of aliphatic imine (C=N–C) groups is 1. The van der Waals surface area contributed by atoms with Gasteiger partial charge in [0.2, 0.25) is 0 Å². The van der Waals surface area contributed by atoms with Gasteiger partial charge in [-0.2, -0.15) is 0 Å². The van der Waals surface area contributed by atoms with E-state index < -0.39 is 0 Å². The van der Waals surface area contributed by atoms with Crippen LogP contribution in [-0.4, -0.2) is 39.3 Å². The molecule has 1 aliphatic rings. The van der Waals surface area contributed by atoms with Gasteiger partial charge in [0.1, 0.15) is 0 Å². The first kappa shape index (κ1) is 22.2. The van der Waals surface area contributed by atoms with Gasteiger partial charge < -0.3 is 15.4 Å². The van der Waals surface area contributed by atoms with E-state index in [1.54, 1.807) is 0 Å². The van der Waals surface area contributed by atoms with Gasteiger partial charge >= 0.3 is 0 Å². The molecule has 0 spiro atoms. The third kappa shape index (κ3) is 6.44. The topological polar surface area (TPSA) is 45.7 Å². The summed E-state index contributed by atoms with van der Waals surface area (Å²) in [5, 5.41) is 6.99. The standard InChI is InChI=1S/C20H33N3O.HI/c1-16(2)9-12-22-19(21-4)23-15-20(10-13-24-14-11-20)18-8-6-5-7-17(18)3;/h5-8,16H,9-15H2,1-4H3,(H2,21,22,23);1H. The van der Waals surface area contributed by atoms with E-state index in [1.165, 1.54) is 11.1 Å².